The number of ether oxygens (including phenoxy) is 2. The zero-order valence-corrected chi connectivity index (χ0v) is 12.4. The second-order valence-electron chi connectivity index (χ2n) is 5.00. The minimum Gasteiger partial charge on any atom is -0.496 e. The van der Waals surface area contributed by atoms with E-state index in [-0.39, 0.29) is 6.10 Å². The van der Waals surface area contributed by atoms with Crippen molar-refractivity contribution < 1.29 is 19.4 Å². The molecule has 0 saturated carbocycles. The smallest absolute Gasteiger partial charge is 0.328 e. The first-order chi connectivity index (χ1) is 9.43. The third-order valence-corrected chi connectivity index (χ3v) is 3.16. The second kappa shape index (κ2) is 7.70. The van der Waals surface area contributed by atoms with Crippen molar-refractivity contribution in [2.45, 2.75) is 33.5 Å². The summed E-state index contributed by atoms with van der Waals surface area (Å²) in [6, 6.07) is 5.51. The summed E-state index contributed by atoms with van der Waals surface area (Å²) in [6.45, 7) is 6.68. The summed E-state index contributed by atoms with van der Waals surface area (Å²) in [7, 11) is 1.61. The Kier molecular flexibility index (Phi) is 6.25. The van der Waals surface area contributed by atoms with Crippen molar-refractivity contribution in [3.8, 4) is 5.75 Å². The number of carbonyl (C=O) groups is 1. The van der Waals surface area contributed by atoms with Crippen LogP contribution in [-0.2, 0) is 16.1 Å². The molecule has 0 heterocycles. The van der Waals surface area contributed by atoms with Crippen molar-refractivity contribution in [3.05, 3.63) is 35.4 Å². The predicted octanol–water partition coefficient (Wildman–Crippen LogP) is 3.35. The first-order valence-electron chi connectivity index (χ1n) is 6.63. The van der Waals surface area contributed by atoms with Crippen LogP contribution in [-0.4, -0.2) is 24.3 Å². The van der Waals surface area contributed by atoms with Crippen LogP contribution >= 0.6 is 0 Å². The molecular weight excluding hydrogens is 256 g/mol. The largest absolute Gasteiger partial charge is 0.496 e. The van der Waals surface area contributed by atoms with E-state index >= 15 is 0 Å². The molecule has 1 atom stereocenters. The molecule has 0 spiro atoms. The van der Waals surface area contributed by atoms with Crippen LogP contribution in [0.1, 0.15) is 31.9 Å². The number of carboxylic acid groups (broad SMARTS) is 1. The molecule has 0 aromatic heterocycles. The molecule has 0 aliphatic heterocycles. The second-order valence-corrected chi connectivity index (χ2v) is 5.00. The molecule has 4 nitrogen and oxygen atoms in total. The fraction of sp³-hybridized carbons (Fsp3) is 0.438. The monoisotopic (exact) mass is 278 g/mol. The highest BCUT2D eigenvalue weighted by molar-refractivity contribution is 5.85. The lowest BCUT2D eigenvalue weighted by Gasteiger charge is -2.18. The number of hydrogen-bond acceptors (Lipinski definition) is 3. The minimum atomic E-state index is -0.966. The standard InChI is InChI=1S/C16H22O4/c1-11(2)12(3)20-10-14-9-13(6-8-16(17)18)5-7-15(14)19-4/h5-9,11-12H,10H2,1-4H3,(H,17,18)/b8-6+. The van der Waals surface area contributed by atoms with Crippen LogP contribution in [0.2, 0.25) is 0 Å². The molecule has 1 aromatic carbocycles. The van der Waals surface area contributed by atoms with E-state index in [1.165, 1.54) is 0 Å². The van der Waals surface area contributed by atoms with Crippen molar-refractivity contribution in [2.24, 2.45) is 5.92 Å². The zero-order chi connectivity index (χ0) is 15.1. The third kappa shape index (κ3) is 5.05. The van der Waals surface area contributed by atoms with Crippen molar-refractivity contribution >= 4 is 12.0 Å². The molecule has 0 amide bonds. The van der Waals surface area contributed by atoms with E-state index in [1.807, 2.05) is 25.1 Å². The van der Waals surface area contributed by atoms with Crippen LogP contribution in [0.4, 0.5) is 0 Å². The molecule has 0 fully saturated rings. The van der Waals surface area contributed by atoms with Crippen LogP contribution in [0, 0.1) is 5.92 Å². The van der Waals surface area contributed by atoms with Crippen LogP contribution in [0.25, 0.3) is 6.08 Å². The van der Waals surface area contributed by atoms with Crippen LogP contribution in [0.15, 0.2) is 24.3 Å². The Morgan fingerprint density at radius 2 is 2.05 bits per heavy atom. The quantitative estimate of drug-likeness (QED) is 0.777. The lowest BCUT2D eigenvalue weighted by atomic mass is 10.1. The molecule has 1 unspecified atom stereocenters. The Balaban J connectivity index is 2.86. The van der Waals surface area contributed by atoms with E-state index in [2.05, 4.69) is 13.8 Å². The minimum absolute atomic E-state index is 0.151. The van der Waals surface area contributed by atoms with Gasteiger partial charge in [-0.3, -0.25) is 0 Å². The van der Waals surface area contributed by atoms with Gasteiger partial charge >= 0.3 is 5.97 Å². The Labute approximate surface area is 120 Å². The molecule has 0 aliphatic carbocycles. The van der Waals surface area contributed by atoms with Gasteiger partial charge in [0.25, 0.3) is 0 Å². The molecule has 1 aromatic rings. The zero-order valence-electron chi connectivity index (χ0n) is 12.4. The number of benzene rings is 1. The molecule has 20 heavy (non-hydrogen) atoms. The van der Waals surface area contributed by atoms with E-state index in [0.717, 1.165) is 23.0 Å². The Morgan fingerprint density at radius 3 is 2.60 bits per heavy atom. The summed E-state index contributed by atoms with van der Waals surface area (Å²) in [5.41, 5.74) is 1.72. The normalized spacial score (nSPS) is 12.8. The van der Waals surface area contributed by atoms with Gasteiger partial charge in [0.15, 0.2) is 0 Å². The average Bonchev–Trinajstić information content (AvgIpc) is 2.42. The van der Waals surface area contributed by atoms with Crippen molar-refractivity contribution in [2.75, 3.05) is 7.11 Å². The van der Waals surface area contributed by atoms with Gasteiger partial charge < -0.3 is 14.6 Å². The Morgan fingerprint density at radius 1 is 1.35 bits per heavy atom. The van der Waals surface area contributed by atoms with E-state index in [0.29, 0.717) is 12.5 Å². The number of hydrogen-bond donors (Lipinski definition) is 1. The van der Waals surface area contributed by atoms with Crippen LogP contribution < -0.4 is 4.74 Å². The summed E-state index contributed by atoms with van der Waals surface area (Å²) in [5.74, 6) is 0.219. The third-order valence-electron chi connectivity index (χ3n) is 3.16. The summed E-state index contributed by atoms with van der Waals surface area (Å²) in [6.07, 6.45) is 2.82. The van der Waals surface area contributed by atoms with Crippen molar-refractivity contribution in [1.29, 1.82) is 0 Å². The van der Waals surface area contributed by atoms with Gasteiger partial charge in [0.05, 0.1) is 19.8 Å². The molecule has 0 aliphatic rings. The van der Waals surface area contributed by atoms with Gasteiger partial charge in [0.2, 0.25) is 0 Å². The van der Waals surface area contributed by atoms with Gasteiger partial charge in [0.1, 0.15) is 5.75 Å². The first kappa shape index (κ1) is 16.2. The highest BCUT2D eigenvalue weighted by Crippen LogP contribution is 2.22. The van der Waals surface area contributed by atoms with E-state index < -0.39 is 5.97 Å². The van der Waals surface area contributed by atoms with Gasteiger partial charge in [-0.05, 0) is 36.6 Å². The lowest BCUT2D eigenvalue weighted by Crippen LogP contribution is -2.15. The molecule has 4 heteroatoms. The van der Waals surface area contributed by atoms with Gasteiger partial charge in [-0.25, -0.2) is 4.79 Å². The SMILES string of the molecule is COc1ccc(/C=C/C(=O)O)cc1COC(C)C(C)C. The average molecular weight is 278 g/mol. The number of aliphatic carboxylic acids is 1. The summed E-state index contributed by atoms with van der Waals surface area (Å²) in [5, 5.41) is 8.65. The molecule has 0 saturated heterocycles. The lowest BCUT2D eigenvalue weighted by molar-refractivity contribution is -0.131. The van der Waals surface area contributed by atoms with Crippen molar-refractivity contribution in [3.63, 3.8) is 0 Å². The van der Waals surface area contributed by atoms with Crippen LogP contribution in [0.3, 0.4) is 0 Å². The fourth-order valence-electron chi connectivity index (χ4n) is 1.60. The van der Waals surface area contributed by atoms with Crippen molar-refractivity contribution in [1.82, 2.24) is 0 Å². The highest BCUT2D eigenvalue weighted by Gasteiger charge is 2.10. The molecule has 0 radical (unpaired) electrons. The van der Waals surface area contributed by atoms with Gasteiger partial charge in [0, 0.05) is 11.6 Å². The molecule has 110 valence electrons. The molecule has 1 N–H and O–H groups in total. The molecule has 1 rings (SSSR count). The van der Waals surface area contributed by atoms with Gasteiger partial charge in [-0.2, -0.15) is 0 Å². The first-order valence-corrected chi connectivity index (χ1v) is 6.63. The van der Waals surface area contributed by atoms with Crippen LogP contribution in [0.5, 0.6) is 5.75 Å². The number of rotatable bonds is 7. The highest BCUT2D eigenvalue weighted by atomic mass is 16.5. The Hall–Kier alpha value is -1.81. The summed E-state index contributed by atoms with van der Waals surface area (Å²) < 4.78 is 11.1. The van der Waals surface area contributed by atoms with E-state index in [1.54, 1.807) is 13.2 Å². The summed E-state index contributed by atoms with van der Waals surface area (Å²) >= 11 is 0. The maximum absolute atomic E-state index is 10.5. The molecular formula is C16H22O4. The maximum atomic E-state index is 10.5. The topological polar surface area (TPSA) is 55.8 Å². The van der Waals surface area contributed by atoms with Gasteiger partial charge in [-0.15, -0.1) is 0 Å². The van der Waals surface area contributed by atoms with E-state index in [9.17, 15) is 4.79 Å². The number of carboxylic acids is 1. The van der Waals surface area contributed by atoms with E-state index in [4.69, 9.17) is 14.6 Å². The van der Waals surface area contributed by atoms with Gasteiger partial charge in [-0.1, -0.05) is 19.9 Å². The summed E-state index contributed by atoms with van der Waals surface area (Å²) in [4.78, 5) is 10.5. The predicted molar refractivity (Wildman–Crippen MR) is 78.8 cm³/mol. The Bertz CT molecular complexity index is 477. The maximum Gasteiger partial charge on any atom is 0.328 e. The molecule has 0 bridgehead atoms. The number of methoxy groups -OCH3 is 1. The fourth-order valence-corrected chi connectivity index (χ4v) is 1.60.